The second-order valence-electron chi connectivity index (χ2n) is 5.13. The second kappa shape index (κ2) is 10.5. The van der Waals surface area contributed by atoms with Crippen LogP contribution < -0.4 is 5.73 Å². The molecule has 0 saturated carbocycles. The molecule has 23 heavy (non-hydrogen) atoms. The molecule has 0 aliphatic carbocycles. The molecule has 0 spiro atoms. The van der Waals surface area contributed by atoms with Crippen molar-refractivity contribution in [2.45, 2.75) is 13.3 Å². The van der Waals surface area contributed by atoms with E-state index in [-0.39, 0.29) is 12.4 Å². The Morgan fingerprint density at radius 2 is 2.26 bits per heavy atom. The van der Waals surface area contributed by atoms with Crippen LogP contribution in [0.15, 0.2) is 54.8 Å². The van der Waals surface area contributed by atoms with Crippen LogP contribution in [0.3, 0.4) is 0 Å². The van der Waals surface area contributed by atoms with Gasteiger partial charge in [0, 0.05) is 24.8 Å². The molecule has 0 bridgehead atoms. The first-order valence-electron chi connectivity index (χ1n) is 7.61. The Morgan fingerprint density at radius 3 is 2.74 bits per heavy atom. The lowest BCUT2D eigenvalue weighted by atomic mass is 10.1. The summed E-state index contributed by atoms with van der Waals surface area (Å²) < 4.78 is 0. The molecule has 1 aromatic heterocycles. The van der Waals surface area contributed by atoms with Crippen molar-refractivity contribution in [2.75, 3.05) is 32.0 Å². The number of allylic oxidation sites excluding steroid dienone is 2. The number of rotatable bonds is 5. The fraction of sp³-hybridized carbons (Fsp3) is 0.333. The van der Waals surface area contributed by atoms with E-state index >= 15 is 0 Å². The van der Waals surface area contributed by atoms with Crippen LogP contribution >= 0.6 is 0 Å². The Balaban J connectivity index is 0.000000593. The summed E-state index contributed by atoms with van der Waals surface area (Å²) in [5.41, 5.74) is 7.48. The van der Waals surface area contributed by atoms with Crippen LogP contribution in [0.2, 0.25) is 0 Å². The summed E-state index contributed by atoms with van der Waals surface area (Å²) in [5.74, 6) is 0.531. The van der Waals surface area contributed by atoms with Crippen molar-refractivity contribution in [2.24, 2.45) is 0 Å². The van der Waals surface area contributed by atoms with Crippen molar-refractivity contribution >= 4 is 11.6 Å². The molecule has 3 N–H and O–H groups in total. The van der Waals surface area contributed by atoms with Gasteiger partial charge in [0.15, 0.2) is 5.78 Å². The maximum Gasteiger partial charge on any atom is 0.178 e. The summed E-state index contributed by atoms with van der Waals surface area (Å²) in [6.45, 7) is 7.52. The Kier molecular flexibility index (Phi) is 8.57. The Labute approximate surface area is 137 Å². The zero-order valence-corrected chi connectivity index (χ0v) is 13.6. The lowest BCUT2D eigenvalue weighted by Gasteiger charge is -2.24. The number of ketones is 1. The van der Waals surface area contributed by atoms with Crippen LogP contribution in [-0.4, -0.2) is 47.0 Å². The lowest BCUT2D eigenvalue weighted by molar-refractivity contribution is 0.0936. The number of hydrogen-bond donors (Lipinski definition) is 2. The zero-order valence-electron chi connectivity index (χ0n) is 13.6. The SMILES string of the molecule is C/C=C/C1=CCN(CC(=O)c2ccc(N)nc2)CC1.C=CCO. The fourth-order valence-corrected chi connectivity index (χ4v) is 2.10. The summed E-state index contributed by atoms with van der Waals surface area (Å²) in [6, 6.07) is 3.39. The molecule has 0 amide bonds. The highest BCUT2D eigenvalue weighted by molar-refractivity contribution is 5.97. The molecule has 5 heteroatoms. The van der Waals surface area contributed by atoms with E-state index < -0.39 is 0 Å². The van der Waals surface area contributed by atoms with Gasteiger partial charge in [-0.1, -0.05) is 24.3 Å². The topological polar surface area (TPSA) is 79.5 Å². The predicted octanol–water partition coefficient (Wildman–Crippen LogP) is 2.22. The van der Waals surface area contributed by atoms with Gasteiger partial charge < -0.3 is 10.8 Å². The molecule has 2 rings (SSSR count). The first-order valence-corrected chi connectivity index (χ1v) is 7.61. The molecule has 0 aromatic carbocycles. The monoisotopic (exact) mass is 315 g/mol. The van der Waals surface area contributed by atoms with Crippen LogP contribution in [-0.2, 0) is 0 Å². The molecule has 1 aliphatic rings. The number of hydrogen-bond acceptors (Lipinski definition) is 5. The number of nitrogens with zero attached hydrogens (tertiary/aromatic N) is 2. The first-order chi connectivity index (χ1) is 11.1. The minimum absolute atomic E-state index is 0.0833. The number of pyridine rings is 1. The van der Waals surface area contributed by atoms with Crippen molar-refractivity contribution in [3.05, 3.63) is 60.3 Å². The molecular weight excluding hydrogens is 290 g/mol. The van der Waals surface area contributed by atoms with Crippen molar-refractivity contribution in [1.82, 2.24) is 9.88 Å². The maximum atomic E-state index is 12.1. The molecule has 0 unspecified atom stereocenters. The number of aliphatic hydroxyl groups is 1. The van der Waals surface area contributed by atoms with Crippen molar-refractivity contribution in [3.8, 4) is 0 Å². The molecular formula is C18H25N3O2. The zero-order chi connectivity index (χ0) is 17.1. The summed E-state index contributed by atoms with van der Waals surface area (Å²) in [7, 11) is 0. The van der Waals surface area contributed by atoms with Crippen LogP contribution in [0.5, 0.6) is 0 Å². The highest BCUT2D eigenvalue weighted by atomic mass is 16.2. The van der Waals surface area contributed by atoms with Gasteiger partial charge >= 0.3 is 0 Å². The minimum Gasteiger partial charge on any atom is -0.392 e. The minimum atomic E-state index is 0.0833. The summed E-state index contributed by atoms with van der Waals surface area (Å²) in [4.78, 5) is 18.2. The van der Waals surface area contributed by atoms with Gasteiger partial charge in [0.2, 0.25) is 0 Å². The van der Waals surface area contributed by atoms with Crippen LogP contribution in [0.4, 0.5) is 5.82 Å². The molecule has 0 saturated heterocycles. The number of aliphatic hydroxyl groups excluding tert-OH is 1. The Bertz CT molecular complexity index is 562. The quantitative estimate of drug-likeness (QED) is 0.643. The average molecular weight is 315 g/mol. The standard InChI is InChI=1S/C15H19N3O.C3H6O/c1-2-3-12-6-8-18(9-7-12)11-14(19)13-4-5-15(16)17-10-13;1-2-3-4/h2-6,10H,7-9,11H2,1H3,(H2,16,17);2,4H,1,3H2/b3-2+;. The first kappa shape index (κ1) is 18.8. The van der Waals surface area contributed by atoms with E-state index in [4.69, 9.17) is 10.8 Å². The third kappa shape index (κ3) is 7.04. The van der Waals surface area contributed by atoms with E-state index in [9.17, 15) is 4.79 Å². The molecule has 0 radical (unpaired) electrons. The molecule has 5 nitrogen and oxygen atoms in total. The van der Waals surface area contributed by atoms with E-state index in [2.05, 4.69) is 28.6 Å². The third-order valence-electron chi connectivity index (χ3n) is 3.31. The molecule has 2 heterocycles. The number of Topliss-reactive ketones (excluding diaryl/α,β-unsaturated/α-hetero) is 1. The molecule has 0 fully saturated rings. The molecule has 124 valence electrons. The van der Waals surface area contributed by atoms with Gasteiger partial charge in [0.1, 0.15) is 5.82 Å². The molecule has 0 atom stereocenters. The van der Waals surface area contributed by atoms with E-state index in [0.29, 0.717) is 17.9 Å². The highest BCUT2D eigenvalue weighted by Crippen LogP contribution is 2.12. The van der Waals surface area contributed by atoms with Crippen molar-refractivity contribution < 1.29 is 9.90 Å². The lowest BCUT2D eigenvalue weighted by Crippen LogP contribution is -2.33. The molecule has 1 aliphatic heterocycles. The number of carbonyl (C=O) groups excluding carboxylic acids is 1. The molecule has 1 aromatic rings. The number of nitrogen functional groups attached to an aromatic ring is 1. The van der Waals surface area contributed by atoms with Gasteiger partial charge in [0.25, 0.3) is 0 Å². The van der Waals surface area contributed by atoms with Gasteiger partial charge in [-0.05, 0) is 31.1 Å². The maximum absolute atomic E-state index is 12.1. The van der Waals surface area contributed by atoms with Crippen LogP contribution in [0.25, 0.3) is 0 Å². The van der Waals surface area contributed by atoms with E-state index in [0.717, 1.165) is 19.5 Å². The van der Waals surface area contributed by atoms with Gasteiger partial charge in [-0.2, -0.15) is 0 Å². The number of nitrogens with two attached hydrogens (primary N) is 1. The number of aromatic nitrogens is 1. The normalized spacial score (nSPS) is 14.8. The fourth-order valence-electron chi connectivity index (χ4n) is 2.10. The van der Waals surface area contributed by atoms with Gasteiger partial charge in [-0.25, -0.2) is 4.98 Å². The Morgan fingerprint density at radius 1 is 1.52 bits per heavy atom. The smallest absolute Gasteiger partial charge is 0.178 e. The number of anilines is 1. The predicted molar refractivity (Wildman–Crippen MR) is 94.2 cm³/mol. The summed E-state index contributed by atoms with van der Waals surface area (Å²) in [5, 5.41) is 7.76. The van der Waals surface area contributed by atoms with E-state index in [1.807, 2.05) is 13.0 Å². The van der Waals surface area contributed by atoms with E-state index in [1.165, 1.54) is 11.6 Å². The van der Waals surface area contributed by atoms with Crippen molar-refractivity contribution in [1.29, 1.82) is 0 Å². The average Bonchev–Trinajstić information content (AvgIpc) is 2.57. The Hall–Kier alpha value is -2.24. The van der Waals surface area contributed by atoms with Gasteiger partial charge in [-0.15, -0.1) is 6.58 Å². The van der Waals surface area contributed by atoms with Gasteiger partial charge in [-0.3, -0.25) is 9.69 Å². The van der Waals surface area contributed by atoms with Crippen LogP contribution in [0, 0.1) is 0 Å². The second-order valence-corrected chi connectivity index (χ2v) is 5.13. The van der Waals surface area contributed by atoms with E-state index in [1.54, 1.807) is 18.3 Å². The third-order valence-corrected chi connectivity index (χ3v) is 3.31. The van der Waals surface area contributed by atoms with Crippen molar-refractivity contribution in [3.63, 3.8) is 0 Å². The highest BCUT2D eigenvalue weighted by Gasteiger charge is 2.15. The number of carbonyl (C=O) groups is 1. The summed E-state index contributed by atoms with van der Waals surface area (Å²) in [6.07, 6.45) is 10.3. The van der Waals surface area contributed by atoms with Crippen LogP contribution in [0.1, 0.15) is 23.7 Å². The largest absolute Gasteiger partial charge is 0.392 e. The summed E-state index contributed by atoms with van der Waals surface area (Å²) >= 11 is 0. The van der Waals surface area contributed by atoms with Gasteiger partial charge in [0.05, 0.1) is 13.2 Å².